The van der Waals surface area contributed by atoms with Crippen LogP contribution in [-0.2, 0) is 13.0 Å². The molecule has 0 aliphatic rings. The molecule has 3 aromatic carbocycles. The zero-order valence-electron chi connectivity index (χ0n) is 20.0. The van der Waals surface area contributed by atoms with Crippen molar-refractivity contribution in [2.24, 2.45) is 0 Å². The second-order valence-corrected chi connectivity index (χ2v) is 10.4. The van der Waals surface area contributed by atoms with Crippen molar-refractivity contribution >= 4 is 59.5 Å². The van der Waals surface area contributed by atoms with Crippen molar-refractivity contribution < 1.29 is 18.7 Å². The molecule has 0 bridgehead atoms. The van der Waals surface area contributed by atoms with Crippen molar-refractivity contribution in [2.75, 3.05) is 7.11 Å². The predicted molar refractivity (Wildman–Crippen MR) is 151 cm³/mol. The van der Waals surface area contributed by atoms with Gasteiger partial charge >= 0.3 is 0 Å². The summed E-state index contributed by atoms with van der Waals surface area (Å²) < 4.78 is 19.0. The normalized spacial score (nSPS) is 11.2. The average molecular weight is 625 g/mol. The van der Waals surface area contributed by atoms with Gasteiger partial charge in [0.25, 0.3) is 0 Å². The van der Waals surface area contributed by atoms with Gasteiger partial charge in [-0.2, -0.15) is 0 Å². The highest BCUT2D eigenvalue weighted by Gasteiger charge is 2.16. The summed E-state index contributed by atoms with van der Waals surface area (Å²) in [5.74, 6) is 1.05. The molecule has 0 aliphatic heterocycles. The number of Topliss-reactive ketones (excluding diaryl/α,β-unsaturated/α-hetero) is 1. The molecule has 1 N–H and O–H groups in total. The molecule has 0 radical (unpaired) electrons. The molecule has 188 valence electrons. The maximum atomic E-state index is 13.0. The quantitative estimate of drug-likeness (QED) is 0.171. The number of aryl methyl sites for hydroxylation is 1. The van der Waals surface area contributed by atoms with Gasteiger partial charge in [0.2, 0.25) is 0 Å². The Morgan fingerprint density at radius 3 is 2.70 bits per heavy atom. The molecule has 2 aromatic heterocycles. The number of halogens is 2. The monoisotopic (exact) mass is 623 g/mol. The molecule has 0 amide bonds. The highest BCUT2D eigenvalue weighted by atomic mass is 79.9. The van der Waals surface area contributed by atoms with Gasteiger partial charge in [-0.1, -0.05) is 44.0 Å². The number of fused-ring (bicyclic) bond motifs is 2. The van der Waals surface area contributed by atoms with E-state index in [-0.39, 0.29) is 30.0 Å². The summed E-state index contributed by atoms with van der Waals surface area (Å²) in [5, 5.41) is 1.40. The van der Waals surface area contributed by atoms with Crippen LogP contribution in [0.2, 0.25) is 0 Å². The topological polar surface area (TPSA) is 81.5 Å². The summed E-state index contributed by atoms with van der Waals surface area (Å²) in [6.45, 7) is 0.271. The third-order valence-corrected chi connectivity index (χ3v) is 7.45. The van der Waals surface area contributed by atoms with Crippen LogP contribution in [0.5, 0.6) is 11.5 Å². The Hall–Kier alpha value is -3.36. The van der Waals surface area contributed by atoms with E-state index in [2.05, 4.69) is 36.8 Å². The van der Waals surface area contributed by atoms with E-state index >= 15 is 0 Å². The number of methoxy groups -OCH3 is 1. The fourth-order valence-electron chi connectivity index (χ4n) is 4.28. The van der Waals surface area contributed by atoms with Gasteiger partial charge < -0.3 is 18.9 Å². The molecule has 0 aliphatic carbocycles. The summed E-state index contributed by atoms with van der Waals surface area (Å²) >= 11 is 6.96. The standard InChI is InChI=1S/C29H23Br2NO5/c1-35-20-10-11-23-21(13-20)17(15-32-23)4-2-5-24(33)28-14-25(34)29-26(6-3-7-27(29)37-28)36-16-18-8-9-19(30)12-22(18)31/h3,6-15,32H,2,4-5,16H2,1H3. The van der Waals surface area contributed by atoms with Crippen molar-refractivity contribution in [2.45, 2.75) is 25.9 Å². The number of hydrogen-bond donors (Lipinski definition) is 1. The minimum Gasteiger partial charge on any atom is -0.497 e. The van der Waals surface area contributed by atoms with Gasteiger partial charge in [0.15, 0.2) is 17.0 Å². The average Bonchev–Trinajstić information content (AvgIpc) is 3.30. The third-order valence-electron chi connectivity index (χ3n) is 6.21. The number of ether oxygens (including phenoxy) is 2. The van der Waals surface area contributed by atoms with E-state index in [1.54, 1.807) is 25.3 Å². The molecule has 0 unspecified atom stereocenters. The lowest BCUT2D eigenvalue weighted by Crippen LogP contribution is -2.09. The summed E-state index contributed by atoms with van der Waals surface area (Å²) in [7, 11) is 1.64. The first-order valence-corrected chi connectivity index (χ1v) is 13.3. The first-order chi connectivity index (χ1) is 17.9. The van der Waals surface area contributed by atoms with Crippen LogP contribution in [0.25, 0.3) is 21.9 Å². The van der Waals surface area contributed by atoms with Crippen LogP contribution in [0, 0.1) is 0 Å². The molecule has 0 saturated carbocycles. The van der Waals surface area contributed by atoms with Crippen LogP contribution in [0.1, 0.15) is 34.5 Å². The van der Waals surface area contributed by atoms with Crippen LogP contribution in [0.4, 0.5) is 0 Å². The van der Waals surface area contributed by atoms with Crippen LogP contribution in [0.15, 0.2) is 85.0 Å². The van der Waals surface area contributed by atoms with E-state index in [9.17, 15) is 9.59 Å². The molecule has 0 atom stereocenters. The highest BCUT2D eigenvalue weighted by molar-refractivity contribution is 9.11. The lowest BCUT2D eigenvalue weighted by Gasteiger charge is -2.11. The number of aromatic amines is 1. The van der Waals surface area contributed by atoms with Crippen LogP contribution >= 0.6 is 31.9 Å². The fraction of sp³-hybridized carbons (Fsp3) is 0.172. The van der Waals surface area contributed by atoms with Gasteiger partial charge in [0.1, 0.15) is 29.1 Å². The van der Waals surface area contributed by atoms with E-state index in [0.717, 1.165) is 36.7 Å². The smallest absolute Gasteiger partial charge is 0.198 e. The minimum absolute atomic E-state index is 0.0610. The number of benzene rings is 3. The number of H-pyrrole nitrogens is 1. The Labute approximate surface area is 229 Å². The summed E-state index contributed by atoms with van der Waals surface area (Å²) in [6.07, 6.45) is 3.55. The van der Waals surface area contributed by atoms with E-state index in [4.69, 9.17) is 13.9 Å². The second kappa shape index (κ2) is 10.9. The Morgan fingerprint density at radius 2 is 1.89 bits per heavy atom. The minimum atomic E-state index is -0.307. The molecular weight excluding hydrogens is 602 g/mol. The highest BCUT2D eigenvalue weighted by Crippen LogP contribution is 2.28. The summed E-state index contributed by atoms with van der Waals surface area (Å²) in [4.78, 5) is 29.1. The lowest BCUT2D eigenvalue weighted by atomic mass is 10.0. The molecule has 0 spiro atoms. The Balaban J connectivity index is 1.29. The fourth-order valence-corrected chi connectivity index (χ4v) is 5.45. The Bertz CT molecular complexity index is 1670. The van der Waals surface area contributed by atoms with Crippen molar-refractivity contribution in [1.82, 2.24) is 4.98 Å². The van der Waals surface area contributed by atoms with Gasteiger partial charge in [-0.25, -0.2) is 0 Å². The van der Waals surface area contributed by atoms with Crippen molar-refractivity contribution in [3.05, 3.63) is 103 Å². The van der Waals surface area contributed by atoms with Crippen molar-refractivity contribution in [1.29, 1.82) is 0 Å². The largest absolute Gasteiger partial charge is 0.497 e. The summed E-state index contributed by atoms with van der Waals surface area (Å²) in [6, 6.07) is 18.1. The molecule has 0 fully saturated rings. The van der Waals surface area contributed by atoms with Crippen molar-refractivity contribution in [3.8, 4) is 11.5 Å². The van der Waals surface area contributed by atoms with Gasteiger partial charge in [-0.05, 0) is 60.9 Å². The number of rotatable bonds is 9. The second-order valence-electron chi connectivity index (χ2n) is 8.63. The molecule has 5 rings (SSSR count). The molecule has 6 nitrogen and oxygen atoms in total. The zero-order valence-corrected chi connectivity index (χ0v) is 23.1. The van der Waals surface area contributed by atoms with E-state index in [0.29, 0.717) is 29.6 Å². The molecule has 8 heteroatoms. The molecule has 2 heterocycles. The summed E-state index contributed by atoms with van der Waals surface area (Å²) in [5.41, 5.74) is 3.09. The molecule has 5 aromatic rings. The van der Waals surface area contributed by atoms with Gasteiger partial charge in [-0.15, -0.1) is 0 Å². The van der Waals surface area contributed by atoms with Gasteiger partial charge in [-0.3, -0.25) is 9.59 Å². The molecular formula is C29H23Br2NO5. The van der Waals surface area contributed by atoms with Gasteiger partial charge in [0.05, 0.1) is 7.11 Å². The van der Waals surface area contributed by atoms with Crippen LogP contribution < -0.4 is 14.9 Å². The van der Waals surface area contributed by atoms with E-state index in [1.807, 2.05) is 42.6 Å². The number of nitrogens with one attached hydrogen (secondary N) is 1. The first-order valence-electron chi connectivity index (χ1n) is 11.7. The van der Waals surface area contributed by atoms with E-state index < -0.39 is 0 Å². The van der Waals surface area contributed by atoms with E-state index in [1.165, 1.54) is 6.07 Å². The maximum absolute atomic E-state index is 13.0. The number of hydrogen-bond acceptors (Lipinski definition) is 5. The number of carbonyl (C=O) groups is 1. The molecule has 0 saturated heterocycles. The SMILES string of the molecule is COc1ccc2[nH]cc(CCCC(=O)c3cc(=O)c4c(OCc5ccc(Br)cc5Br)cccc4o3)c2c1. The zero-order chi connectivity index (χ0) is 25.9. The Morgan fingerprint density at radius 1 is 1.03 bits per heavy atom. The van der Waals surface area contributed by atoms with Crippen LogP contribution in [0.3, 0.4) is 0 Å². The third kappa shape index (κ3) is 5.50. The van der Waals surface area contributed by atoms with Crippen molar-refractivity contribution in [3.63, 3.8) is 0 Å². The number of aromatic nitrogens is 1. The lowest BCUT2D eigenvalue weighted by molar-refractivity contribution is 0.0954. The predicted octanol–water partition coefficient (Wildman–Crippen LogP) is 7.59. The first kappa shape index (κ1) is 25.3. The molecule has 37 heavy (non-hydrogen) atoms. The van der Waals surface area contributed by atoms with Crippen LogP contribution in [-0.4, -0.2) is 17.9 Å². The van der Waals surface area contributed by atoms with Gasteiger partial charge in [0, 0.05) is 44.1 Å². The Kier molecular flexibility index (Phi) is 7.48. The number of ketones is 1. The number of carbonyl (C=O) groups excluding carboxylic acids is 1. The maximum Gasteiger partial charge on any atom is 0.198 e.